The van der Waals surface area contributed by atoms with E-state index in [2.05, 4.69) is 10.3 Å². The number of fused-ring (bicyclic) bond motifs is 2. The van der Waals surface area contributed by atoms with Gasteiger partial charge in [0.25, 0.3) is 5.91 Å². The van der Waals surface area contributed by atoms with Gasteiger partial charge in [-0.2, -0.15) is 0 Å². The summed E-state index contributed by atoms with van der Waals surface area (Å²) < 4.78 is 0. The number of rotatable bonds is 4. The number of carbonyl (C=O) groups is 1. The molecule has 1 atom stereocenters. The van der Waals surface area contributed by atoms with Crippen molar-refractivity contribution in [2.45, 2.75) is 19.4 Å². The minimum atomic E-state index is -0.145. The zero-order valence-electron chi connectivity index (χ0n) is 12.8. The van der Waals surface area contributed by atoms with E-state index < -0.39 is 0 Å². The molecular weight excluding hydrogens is 310 g/mol. The molecule has 0 saturated heterocycles. The van der Waals surface area contributed by atoms with Gasteiger partial charge in [0, 0.05) is 28.4 Å². The van der Waals surface area contributed by atoms with Crippen LogP contribution in [0.3, 0.4) is 0 Å². The third kappa shape index (κ3) is 3.14. The number of amides is 1. The Kier molecular flexibility index (Phi) is 4.46. The van der Waals surface area contributed by atoms with Crippen molar-refractivity contribution in [2.24, 2.45) is 5.73 Å². The maximum atomic E-state index is 12.5. The summed E-state index contributed by atoms with van der Waals surface area (Å²) in [4.78, 5) is 17.2. The first kappa shape index (κ1) is 15.7. The minimum Gasteiger partial charge on any atom is -0.348 e. The molecule has 0 radical (unpaired) electrons. The molecule has 1 aromatic heterocycles. The van der Waals surface area contributed by atoms with E-state index >= 15 is 0 Å². The monoisotopic (exact) mass is 327 g/mol. The first-order valence-corrected chi connectivity index (χ1v) is 8.00. The number of halogens is 1. The Bertz CT molecular complexity index is 875. The van der Waals surface area contributed by atoms with Gasteiger partial charge >= 0.3 is 0 Å². The molecule has 2 aromatic carbocycles. The summed E-state index contributed by atoms with van der Waals surface area (Å²) in [5.41, 5.74) is 7.73. The molecule has 0 bridgehead atoms. The van der Waals surface area contributed by atoms with Crippen molar-refractivity contribution in [3.8, 4) is 0 Å². The normalized spacial score (nSPS) is 12.5. The molecule has 23 heavy (non-hydrogen) atoms. The van der Waals surface area contributed by atoms with Crippen LogP contribution in [0.1, 0.15) is 23.7 Å². The second kappa shape index (κ2) is 6.52. The molecule has 3 aromatic rings. The van der Waals surface area contributed by atoms with E-state index in [0.717, 1.165) is 22.7 Å². The zero-order chi connectivity index (χ0) is 16.4. The van der Waals surface area contributed by atoms with Gasteiger partial charge in [0.05, 0.1) is 16.6 Å². The highest BCUT2D eigenvalue weighted by Gasteiger charge is 2.15. The van der Waals surface area contributed by atoms with Crippen LogP contribution in [0.15, 0.2) is 42.5 Å². The van der Waals surface area contributed by atoms with Gasteiger partial charge in [-0.3, -0.25) is 4.79 Å². The van der Waals surface area contributed by atoms with Crippen molar-refractivity contribution >= 4 is 39.3 Å². The van der Waals surface area contributed by atoms with E-state index in [4.69, 9.17) is 17.3 Å². The molecule has 4 nitrogen and oxygen atoms in total. The molecule has 1 heterocycles. The molecule has 0 fully saturated rings. The molecule has 0 aliphatic carbocycles. The molecule has 3 N–H and O–H groups in total. The van der Waals surface area contributed by atoms with Crippen LogP contribution in [0.25, 0.3) is 21.8 Å². The van der Waals surface area contributed by atoms with Gasteiger partial charge in [0.2, 0.25) is 0 Å². The Morgan fingerprint density at radius 2 is 2.09 bits per heavy atom. The van der Waals surface area contributed by atoms with E-state index in [1.165, 1.54) is 0 Å². The van der Waals surface area contributed by atoms with Gasteiger partial charge in [0.15, 0.2) is 0 Å². The van der Waals surface area contributed by atoms with Gasteiger partial charge in [-0.15, -0.1) is 0 Å². The standard InChI is InChI=1S/C18H18ClN3O/c1-2-14(10-20)21-18(23)15-5-3-4-11-8-12-9-13(19)6-7-16(12)22-17(11)15/h3-9,14H,2,10,20H2,1H3,(H,21,23). The molecule has 0 spiro atoms. The van der Waals surface area contributed by atoms with Crippen molar-refractivity contribution < 1.29 is 4.79 Å². The molecule has 118 valence electrons. The number of benzene rings is 2. The van der Waals surface area contributed by atoms with E-state index in [9.17, 15) is 4.79 Å². The van der Waals surface area contributed by atoms with Crippen LogP contribution in [-0.4, -0.2) is 23.5 Å². The van der Waals surface area contributed by atoms with Gasteiger partial charge < -0.3 is 11.1 Å². The van der Waals surface area contributed by atoms with Crippen LogP contribution in [0, 0.1) is 0 Å². The predicted octanol–water partition coefficient (Wildman–Crippen LogP) is 3.51. The number of nitrogens with one attached hydrogen (secondary N) is 1. The van der Waals surface area contributed by atoms with Crippen molar-refractivity contribution in [3.63, 3.8) is 0 Å². The zero-order valence-corrected chi connectivity index (χ0v) is 13.6. The first-order valence-electron chi connectivity index (χ1n) is 7.62. The van der Waals surface area contributed by atoms with Crippen LogP contribution < -0.4 is 11.1 Å². The van der Waals surface area contributed by atoms with Crippen LogP contribution in [0.4, 0.5) is 0 Å². The topological polar surface area (TPSA) is 68.0 Å². The van der Waals surface area contributed by atoms with Crippen molar-refractivity contribution in [3.05, 3.63) is 53.1 Å². The molecule has 1 amide bonds. The number of pyridine rings is 1. The summed E-state index contributed by atoms with van der Waals surface area (Å²) in [7, 11) is 0. The summed E-state index contributed by atoms with van der Waals surface area (Å²) in [5.74, 6) is -0.145. The fourth-order valence-corrected chi connectivity index (χ4v) is 2.79. The van der Waals surface area contributed by atoms with Crippen molar-refractivity contribution in [1.29, 1.82) is 0 Å². The fourth-order valence-electron chi connectivity index (χ4n) is 2.61. The van der Waals surface area contributed by atoms with E-state index in [1.807, 2.05) is 37.3 Å². The Morgan fingerprint density at radius 1 is 1.26 bits per heavy atom. The number of aromatic nitrogens is 1. The Morgan fingerprint density at radius 3 is 2.83 bits per heavy atom. The lowest BCUT2D eigenvalue weighted by atomic mass is 10.1. The Hall–Kier alpha value is -2.17. The van der Waals surface area contributed by atoms with Crippen LogP contribution in [0.2, 0.25) is 5.02 Å². The SMILES string of the molecule is CCC(CN)NC(=O)c1cccc2cc3cc(Cl)ccc3nc12. The predicted molar refractivity (Wildman–Crippen MR) is 94.9 cm³/mol. The first-order chi connectivity index (χ1) is 11.1. The molecule has 3 rings (SSSR count). The Balaban J connectivity index is 2.10. The second-order valence-electron chi connectivity index (χ2n) is 5.52. The number of para-hydroxylation sites is 1. The fraction of sp³-hybridized carbons (Fsp3) is 0.222. The number of nitrogens with zero attached hydrogens (tertiary/aromatic N) is 1. The maximum Gasteiger partial charge on any atom is 0.253 e. The summed E-state index contributed by atoms with van der Waals surface area (Å²) in [5, 5.41) is 5.49. The van der Waals surface area contributed by atoms with Crippen molar-refractivity contribution in [2.75, 3.05) is 6.54 Å². The lowest BCUT2D eigenvalue weighted by molar-refractivity contribution is 0.0938. The van der Waals surface area contributed by atoms with E-state index in [1.54, 1.807) is 12.1 Å². The number of nitrogens with two attached hydrogens (primary N) is 1. The number of hydrogen-bond donors (Lipinski definition) is 2. The minimum absolute atomic E-state index is 0.0305. The maximum absolute atomic E-state index is 12.5. The molecule has 5 heteroatoms. The second-order valence-corrected chi connectivity index (χ2v) is 5.95. The van der Waals surface area contributed by atoms with Crippen LogP contribution >= 0.6 is 11.6 Å². The number of carbonyl (C=O) groups excluding carboxylic acids is 1. The smallest absolute Gasteiger partial charge is 0.253 e. The average Bonchev–Trinajstić information content (AvgIpc) is 2.57. The molecule has 1 unspecified atom stereocenters. The van der Waals surface area contributed by atoms with E-state index in [-0.39, 0.29) is 11.9 Å². The number of hydrogen-bond acceptors (Lipinski definition) is 3. The summed E-state index contributed by atoms with van der Waals surface area (Å²) >= 11 is 6.04. The lowest BCUT2D eigenvalue weighted by Gasteiger charge is -2.15. The molecule has 0 aliphatic heterocycles. The summed E-state index contributed by atoms with van der Waals surface area (Å²) in [6, 6.07) is 13.1. The molecular formula is C18H18ClN3O. The van der Waals surface area contributed by atoms with E-state index in [0.29, 0.717) is 22.6 Å². The van der Waals surface area contributed by atoms with Gasteiger partial charge in [0.1, 0.15) is 0 Å². The summed E-state index contributed by atoms with van der Waals surface area (Å²) in [6.07, 6.45) is 0.794. The molecule has 0 saturated carbocycles. The lowest BCUT2D eigenvalue weighted by Crippen LogP contribution is -2.39. The van der Waals surface area contributed by atoms with Crippen LogP contribution in [0.5, 0.6) is 0 Å². The highest BCUT2D eigenvalue weighted by Crippen LogP contribution is 2.24. The van der Waals surface area contributed by atoms with Crippen molar-refractivity contribution in [1.82, 2.24) is 10.3 Å². The summed E-state index contributed by atoms with van der Waals surface area (Å²) in [6.45, 7) is 2.41. The molecule has 0 aliphatic rings. The Labute approximate surface area is 139 Å². The van der Waals surface area contributed by atoms with Gasteiger partial charge in [-0.05, 0) is 36.8 Å². The third-order valence-electron chi connectivity index (χ3n) is 3.96. The quantitative estimate of drug-likeness (QED) is 0.720. The highest BCUT2D eigenvalue weighted by molar-refractivity contribution is 6.31. The largest absolute Gasteiger partial charge is 0.348 e. The highest BCUT2D eigenvalue weighted by atomic mass is 35.5. The van der Waals surface area contributed by atoms with Crippen LogP contribution in [-0.2, 0) is 0 Å². The third-order valence-corrected chi connectivity index (χ3v) is 4.19. The van der Waals surface area contributed by atoms with Gasteiger partial charge in [-0.25, -0.2) is 4.98 Å². The average molecular weight is 328 g/mol. The van der Waals surface area contributed by atoms with Gasteiger partial charge in [-0.1, -0.05) is 30.7 Å².